The molecule has 1 heteroatoms. The molecule has 3 aromatic rings. The smallest absolute Gasteiger partial charge is 0.200 e. The zero-order valence-electron chi connectivity index (χ0n) is 14.8. The second-order valence-corrected chi connectivity index (χ2v) is 7.37. The van der Waals surface area contributed by atoms with Gasteiger partial charge < -0.3 is 0 Å². The fraction of sp³-hybridized carbons (Fsp3) is 0.348. The lowest BCUT2D eigenvalue weighted by Crippen LogP contribution is -2.30. The summed E-state index contributed by atoms with van der Waals surface area (Å²) < 4.78 is 2.27. The molecule has 24 heavy (non-hydrogen) atoms. The highest BCUT2D eigenvalue weighted by Gasteiger charge is 2.19. The molecule has 0 unspecified atom stereocenters. The van der Waals surface area contributed by atoms with E-state index in [2.05, 4.69) is 73.3 Å². The Morgan fingerprint density at radius 3 is 2.62 bits per heavy atom. The summed E-state index contributed by atoms with van der Waals surface area (Å²) in [6, 6.07) is 18.0. The predicted octanol–water partition coefficient (Wildman–Crippen LogP) is 5.37. The molecule has 4 rings (SSSR count). The fourth-order valence-electron chi connectivity index (χ4n) is 4.25. The summed E-state index contributed by atoms with van der Waals surface area (Å²) in [5.41, 5.74) is 5.57. The van der Waals surface area contributed by atoms with Crippen LogP contribution in [0.1, 0.15) is 36.8 Å². The van der Waals surface area contributed by atoms with E-state index in [1.54, 1.807) is 0 Å². The van der Waals surface area contributed by atoms with Crippen molar-refractivity contribution in [2.24, 2.45) is 13.0 Å². The Labute approximate surface area is 145 Å². The van der Waals surface area contributed by atoms with E-state index < -0.39 is 0 Å². The van der Waals surface area contributed by atoms with Crippen LogP contribution in [-0.4, -0.2) is 0 Å². The maximum absolute atomic E-state index is 2.44. The van der Waals surface area contributed by atoms with Crippen molar-refractivity contribution < 1.29 is 4.57 Å². The number of fused-ring (bicyclic) bond motifs is 1. The molecule has 0 aliphatic heterocycles. The van der Waals surface area contributed by atoms with Crippen LogP contribution in [0.15, 0.2) is 54.7 Å². The largest absolute Gasteiger partial charge is 0.220 e. The zero-order chi connectivity index (χ0) is 16.5. The topological polar surface area (TPSA) is 3.88 Å². The van der Waals surface area contributed by atoms with E-state index in [1.807, 2.05) is 0 Å². The summed E-state index contributed by atoms with van der Waals surface area (Å²) in [6.07, 6.45) is 9.07. The molecular formula is C23H26N+. The average molecular weight is 316 g/mol. The minimum absolute atomic E-state index is 0.891. The molecule has 2 aromatic carbocycles. The monoisotopic (exact) mass is 316 g/mol. The Kier molecular flexibility index (Phi) is 4.10. The summed E-state index contributed by atoms with van der Waals surface area (Å²) in [5.74, 6) is 0.891. The molecule has 1 aliphatic carbocycles. The normalized spacial score (nSPS) is 15.2. The van der Waals surface area contributed by atoms with Crippen LogP contribution in [0.2, 0.25) is 0 Å². The van der Waals surface area contributed by atoms with E-state index in [0.717, 1.165) is 5.92 Å². The number of rotatable bonds is 3. The van der Waals surface area contributed by atoms with Gasteiger partial charge >= 0.3 is 0 Å². The van der Waals surface area contributed by atoms with Gasteiger partial charge in [0.05, 0.1) is 5.39 Å². The van der Waals surface area contributed by atoms with Gasteiger partial charge in [0.15, 0.2) is 6.20 Å². The Bertz CT molecular complexity index is 872. The first-order chi connectivity index (χ1) is 11.7. The van der Waals surface area contributed by atoms with Crippen molar-refractivity contribution in [3.05, 3.63) is 65.9 Å². The van der Waals surface area contributed by atoms with E-state index in [-0.39, 0.29) is 0 Å². The van der Waals surface area contributed by atoms with Crippen LogP contribution in [-0.2, 0) is 13.5 Å². The highest BCUT2D eigenvalue weighted by atomic mass is 14.9. The van der Waals surface area contributed by atoms with Crippen molar-refractivity contribution in [1.29, 1.82) is 0 Å². The summed E-state index contributed by atoms with van der Waals surface area (Å²) in [5, 5.41) is 2.65. The number of hydrogen-bond donors (Lipinski definition) is 0. The number of aryl methyl sites for hydroxylation is 2. The second-order valence-electron chi connectivity index (χ2n) is 7.37. The second kappa shape index (κ2) is 6.39. The van der Waals surface area contributed by atoms with Gasteiger partial charge in [-0.1, -0.05) is 56.0 Å². The van der Waals surface area contributed by atoms with E-state index >= 15 is 0 Å². The van der Waals surface area contributed by atoms with Gasteiger partial charge in [-0.25, -0.2) is 4.57 Å². The summed E-state index contributed by atoms with van der Waals surface area (Å²) in [7, 11) is 2.16. The first-order valence-electron chi connectivity index (χ1n) is 9.19. The van der Waals surface area contributed by atoms with E-state index in [0.29, 0.717) is 0 Å². The van der Waals surface area contributed by atoms with Gasteiger partial charge in [0.25, 0.3) is 0 Å². The van der Waals surface area contributed by atoms with Crippen molar-refractivity contribution in [2.45, 2.75) is 39.0 Å². The van der Waals surface area contributed by atoms with Crippen molar-refractivity contribution >= 4 is 10.8 Å². The van der Waals surface area contributed by atoms with Gasteiger partial charge in [-0.15, -0.1) is 0 Å². The molecule has 1 saturated carbocycles. The molecule has 0 N–H and O–H groups in total. The van der Waals surface area contributed by atoms with Gasteiger partial charge in [-0.2, -0.15) is 0 Å². The lowest BCUT2D eigenvalue weighted by atomic mass is 9.93. The van der Waals surface area contributed by atoms with Crippen LogP contribution < -0.4 is 4.57 Å². The molecule has 0 atom stereocenters. The predicted molar refractivity (Wildman–Crippen MR) is 101 cm³/mol. The van der Waals surface area contributed by atoms with Gasteiger partial charge in [0.2, 0.25) is 5.69 Å². The molecule has 0 saturated heterocycles. The number of nitrogens with zero attached hydrogens (tertiary/aromatic N) is 1. The maximum Gasteiger partial charge on any atom is 0.220 e. The van der Waals surface area contributed by atoms with E-state index in [4.69, 9.17) is 0 Å². The van der Waals surface area contributed by atoms with Crippen molar-refractivity contribution in [3.63, 3.8) is 0 Å². The molecule has 1 aliphatic rings. The third-order valence-electron chi connectivity index (χ3n) is 5.60. The average Bonchev–Trinajstić information content (AvgIpc) is 3.10. The first-order valence-corrected chi connectivity index (χ1v) is 9.19. The number of aromatic nitrogens is 1. The van der Waals surface area contributed by atoms with Gasteiger partial charge in [-0.3, -0.25) is 0 Å². The summed E-state index contributed by atoms with van der Waals surface area (Å²) in [6.45, 7) is 2.23. The number of hydrogen-bond acceptors (Lipinski definition) is 0. The van der Waals surface area contributed by atoms with Crippen LogP contribution in [0.5, 0.6) is 0 Å². The van der Waals surface area contributed by atoms with Gasteiger partial charge in [-0.05, 0) is 47.9 Å². The van der Waals surface area contributed by atoms with Crippen LogP contribution >= 0.6 is 0 Å². The van der Waals surface area contributed by atoms with Gasteiger partial charge in [0, 0.05) is 11.6 Å². The summed E-state index contributed by atoms with van der Waals surface area (Å²) in [4.78, 5) is 0. The molecule has 1 aromatic heterocycles. The minimum Gasteiger partial charge on any atom is -0.200 e. The van der Waals surface area contributed by atoms with E-state index in [1.165, 1.54) is 65.3 Å². The van der Waals surface area contributed by atoms with Crippen LogP contribution in [0.4, 0.5) is 0 Å². The highest BCUT2D eigenvalue weighted by molar-refractivity contribution is 5.93. The fourth-order valence-corrected chi connectivity index (χ4v) is 4.25. The summed E-state index contributed by atoms with van der Waals surface area (Å²) >= 11 is 0. The van der Waals surface area contributed by atoms with Gasteiger partial charge in [0.1, 0.15) is 7.05 Å². The SMILES string of the molecule is Cc1ccc(CC2CCCC2)cc1-c1c2ccccc2cc[n+]1C. The van der Waals surface area contributed by atoms with Crippen LogP contribution in [0, 0.1) is 12.8 Å². The molecule has 0 amide bonds. The molecule has 0 radical (unpaired) electrons. The lowest BCUT2D eigenvalue weighted by molar-refractivity contribution is -0.659. The third-order valence-corrected chi connectivity index (χ3v) is 5.60. The highest BCUT2D eigenvalue weighted by Crippen LogP contribution is 2.32. The Balaban J connectivity index is 1.82. The lowest BCUT2D eigenvalue weighted by Gasteiger charge is -2.12. The third kappa shape index (κ3) is 2.84. The number of benzene rings is 2. The molecule has 122 valence electrons. The molecule has 0 bridgehead atoms. The van der Waals surface area contributed by atoms with Crippen LogP contribution in [0.25, 0.3) is 22.0 Å². The van der Waals surface area contributed by atoms with Crippen LogP contribution in [0.3, 0.4) is 0 Å². The van der Waals surface area contributed by atoms with E-state index in [9.17, 15) is 0 Å². The Hall–Kier alpha value is -2.15. The number of pyridine rings is 1. The maximum atomic E-state index is 2.44. The minimum atomic E-state index is 0.891. The van der Waals surface area contributed by atoms with Crippen molar-refractivity contribution in [2.75, 3.05) is 0 Å². The standard InChI is InChI=1S/C23H26N/c1-17-11-12-19(15-18-7-3-4-8-18)16-22(17)23-21-10-6-5-9-20(21)13-14-24(23)2/h5-6,9-14,16,18H,3-4,7-8,15H2,1-2H3/q+1. The molecule has 1 heterocycles. The van der Waals surface area contributed by atoms with Crippen molar-refractivity contribution in [1.82, 2.24) is 0 Å². The Morgan fingerprint density at radius 1 is 1.00 bits per heavy atom. The molecule has 0 spiro atoms. The zero-order valence-corrected chi connectivity index (χ0v) is 14.8. The quantitative estimate of drug-likeness (QED) is 0.572. The molecular weight excluding hydrogens is 290 g/mol. The molecule has 1 nitrogen and oxygen atoms in total. The Morgan fingerprint density at radius 2 is 1.79 bits per heavy atom. The van der Waals surface area contributed by atoms with Crippen molar-refractivity contribution in [3.8, 4) is 11.3 Å². The molecule has 1 fully saturated rings. The first kappa shape index (κ1) is 15.4.